The summed E-state index contributed by atoms with van der Waals surface area (Å²) >= 11 is 0. The Bertz CT molecular complexity index is 135. The standard InChI is InChI=1S/C9H18F2O3/c1-8(2)13-6-4-12-5-7-14-9(3,10)11/h8H,4-7H2,1-3H3. The highest BCUT2D eigenvalue weighted by molar-refractivity contribution is 4.40. The molecule has 0 aromatic carbocycles. The van der Waals surface area contributed by atoms with Crippen LogP contribution < -0.4 is 0 Å². The van der Waals surface area contributed by atoms with Crippen LogP contribution in [0.2, 0.25) is 0 Å². The summed E-state index contributed by atoms with van der Waals surface area (Å²) in [7, 11) is 0. The monoisotopic (exact) mass is 212 g/mol. The summed E-state index contributed by atoms with van der Waals surface area (Å²) in [5.41, 5.74) is 0. The van der Waals surface area contributed by atoms with Crippen LogP contribution >= 0.6 is 0 Å². The summed E-state index contributed by atoms with van der Waals surface area (Å²) in [6, 6.07) is 0. The van der Waals surface area contributed by atoms with Crippen LogP contribution in [0, 0.1) is 0 Å². The Balaban J connectivity index is 3.07. The average molecular weight is 212 g/mol. The van der Waals surface area contributed by atoms with E-state index in [1.807, 2.05) is 13.8 Å². The molecule has 0 spiro atoms. The Labute approximate surface area is 83.3 Å². The SMILES string of the molecule is CC(C)OCCOCCOC(C)(F)F. The molecule has 0 saturated carbocycles. The number of hydrogen-bond donors (Lipinski definition) is 0. The molecule has 0 unspecified atom stereocenters. The first kappa shape index (κ1) is 13.7. The Morgan fingerprint density at radius 1 is 1.07 bits per heavy atom. The zero-order valence-corrected chi connectivity index (χ0v) is 8.89. The Kier molecular flexibility index (Phi) is 6.96. The molecular formula is C9H18F2O3. The van der Waals surface area contributed by atoms with Crippen molar-refractivity contribution in [3.05, 3.63) is 0 Å². The van der Waals surface area contributed by atoms with Gasteiger partial charge in [-0.15, -0.1) is 0 Å². The first-order chi connectivity index (χ1) is 6.42. The lowest BCUT2D eigenvalue weighted by Crippen LogP contribution is -2.19. The van der Waals surface area contributed by atoms with Gasteiger partial charge < -0.3 is 14.2 Å². The summed E-state index contributed by atoms with van der Waals surface area (Å²) in [5.74, 6) is 0. The van der Waals surface area contributed by atoms with Crippen LogP contribution in [0.15, 0.2) is 0 Å². The Morgan fingerprint density at radius 3 is 2.14 bits per heavy atom. The molecule has 0 bridgehead atoms. The summed E-state index contributed by atoms with van der Waals surface area (Å²) in [6.07, 6.45) is -2.91. The van der Waals surface area contributed by atoms with Gasteiger partial charge in [0.2, 0.25) is 0 Å². The van der Waals surface area contributed by atoms with Gasteiger partial charge in [-0.1, -0.05) is 0 Å². The third-order valence-corrected chi connectivity index (χ3v) is 1.26. The van der Waals surface area contributed by atoms with Crippen LogP contribution in [0.4, 0.5) is 8.78 Å². The molecule has 0 fully saturated rings. The molecule has 0 aliphatic rings. The number of rotatable bonds is 8. The van der Waals surface area contributed by atoms with Crippen molar-refractivity contribution in [2.45, 2.75) is 33.0 Å². The number of hydrogen-bond acceptors (Lipinski definition) is 3. The van der Waals surface area contributed by atoms with Crippen molar-refractivity contribution in [1.29, 1.82) is 0 Å². The number of alkyl halides is 2. The summed E-state index contributed by atoms with van der Waals surface area (Å²) < 4.78 is 38.5. The molecule has 0 aromatic heterocycles. The smallest absolute Gasteiger partial charge is 0.353 e. The van der Waals surface area contributed by atoms with Gasteiger partial charge >= 0.3 is 6.11 Å². The van der Waals surface area contributed by atoms with Crippen LogP contribution in [0.1, 0.15) is 20.8 Å². The zero-order valence-electron chi connectivity index (χ0n) is 8.89. The summed E-state index contributed by atoms with van der Waals surface area (Å²) in [5, 5.41) is 0. The maximum absolute atomic E-state index is 12.1. The minimum absolute atomic E-state index is 0.106. The molecule has 0 radical (unpaired) electrons. The molecule has 0 rings (SSSR count). The van der Waals surface area contributed by atoms with Crippen molar-refractivity contribution in [1.82, 2.24) is 0 Å². The lowest BCUT2D eigenvalue weighted by Gasteiger charge is -2.11. The molecule has 0 heterocycles. The second-order valence-electron chi connectivity index (χ2n) is 3.19. The molecule has 0 aliphatic heterocycles. The van der Waals surface area contributed by atoms with E-state index in [1.54, 1.807) is 0 Å². The molecule has 0 amide bonds. The van der Waals surface area contributed by atoms with E-state index in [2.05, 4.69) is 4.74 Å². The molecule has 0 aromatic rings. The topological polar surface area (TPSA) is 27.7 Å². The van der Waals surface area contributed by atoms with E-state index in [9.17, 15) is 8.78 Å². The maximum atomic E-state index is 12.1. The fourth-order valence-corrected chi connectivity index (χ4v) is 0.725. The molecule has 5 heteroatoms. The van der Waals surface area contributed by atoms with Gasteiger partial charge in [0.25, 0.3) is 0 Å². The third kappa shape index (κ3) is 11.7. The van der Waals surface area contributed by atoms with Crippen molar-refractivity contribution < 1.29 is 23.0 Å². The lowest BCUT2D eigenvalue weighted by atomic mass is 10.5. The Hall–Kier alpha value is -0.260. The lowest BCUT2D eigenvalue weighted by molar-refractivity contribution is -0.229. The molecule has 86 valence electrons. The van der Waals surface area contributed by atoms with E-state index < -0.39 is 6.11 Å². The van der Waals surface area contributed by atoms with Crippen LogP contribution in [0.5, 0.6) is 0 Å². The summed E-state index contributed by atoms with van der Waals surface area (Å²) in [4.78, 5) is 0. The van der Waals surface area contributed by atoms with E-state index in [0.29, 0.717) is 20.1 Å². The van der Waals surface area contributed by atoms with Crippen molar-refractivity contribution in [2.24, 2.45) is 0 Å². The third-order valence-electron chi connectivity index (χ3n) is 1.26. The predicted molar refractivity (Wildman–Crippen MR) is 48.5 cm³/mol. The molecule has 14 heavy (non-hydrogen) atoms. The van der Waals surface area contributed by atoms with Crippen LogP contribution in [0.25, 0.3) is 0 Å². The second kappa shape index (κ2) is 7.09. The van der Waals surface area contributed by atoms with Gasteiger partial charge in [-0.25, -0.2) is 0 Å². The molecular weight excluding hydrogens is 194 g/mol. The molecule has 0 N–H and O–H groups in total. The van der Waals surface area contributed by atoms with Gasteiger partial charge in [-0.2, -0.15) is 8.78 Å². The zero-order chi connectivity index (χ0) is 11.0. The van der Waals surface area contributed by atoms with Gasteiger partial charge in [-0.3, -0.25) is 0 Å². The van der Waals surface area contributed by atoms with Gasteiger partial charge in [0.15, 0.2) is 0 Å². The minimum Gasteiger partial charge on any atom is -0.377 e. The highest BCUT2D eigenvalue weighted by Gasteiger charge is 2.20. The first-order valence-electron chi connectivity index (χ1n) is 4.63. The van der Waals surface area contributed by atoms with Gasteiger partial charge in [0.05, 0.1) is 32.5 Å². The predicted octanol–water partition coefficient (Wildman–Crippen LogP) is 2.06. The fraction of sp³-hybridized carbons (Fsp3) is 1.00. The van der Waals surface area contributed by atoms with Gasteiger partial charge in [-0.05, 0) is 13.8 Å². The maximum Gasteiger partial charge on any atom is 0.353 e. The molecule has 0 aliphatic carbocycles. The molecule has 3 nitrogen and oxygen atoms in total. The number of ether oxygens (including phenoxy) is 3. The summed E-state index contributed by atoms with van der Waals surface area (Å²) in [6.45, 7) is 5.46. The second-order valence-corrected chi connectivity index (χ2v) is 3.19. The van der Waals surface area contributed by atoms with Crippen molar-refractivity contribution in [2.75, 3.05) is 26.4 Å². The van der Waals surface area contributed by atoms with E-state index in [4.69, 9.17) is 9.47 Å². The average Bonchev–Trinajstić information content (AvgIpc) is 2.00. The van der Waals surface area contributed by atoms with Crippen LogP contribution in [-0.2, 0) is 14.2 Å². The van der Waals surface area contributed by atoms with Crippen molar-refractivity contribution in [3.8, 4) is 0 Å². The quantitative estimate of drug-likeness (QED) is 0.576. The molecule has 0 saturated heterocycles. The minimum atomic E-state index is -3.07. The van der Waals surface area contributed by atoms with E-state index in [1.165, 1.54) is 0 Å². The van der Waals surface area contributed by atoms with E-state index in [0.717, 1.165) is 0 Å². The van der Waals surface area contributed by atoms with Crippen molar-refractivity contribution >= 4 is 0 Å². The van der Waals surface area contributed by atoms with Gasteiger partial charge in [0, 0.05) is 6.92 Å². The largest absolute Gasteiger partial charge is 0.377 e. The Morgan fingerprint density at radius 2 is 1.64 bits per heavy atom. The fourth-order valence-electron chi connectivity index (χ4n) is 0.725. The van der Waals surface area contributed by atoms with Gasteiger partial charge in [0.1, 0.15) is 0 Å². The highest BCUT2D eigenvalue weighted by Crippen LogP contribution is 2.12. The van der Waals surface area contributed by atoms with E-state index in [-0.39, 0.29) is 19.3 Å². The van der Waals surface area contributed by atoms with Crippen LogP contribution in [-0.4, -0.2) is 38.6 Å². The first-order valence-corrected chi connectivity index (χ1v) is 4.63. The number of halogens is 2. The normalized spacial score (nSPS) is 12.4. The highest BCUT2D eigenvalue weighted by atomic mass is 19.3. The van der Waals surface area contributed by atoms with Crippen molar-refractivity contribution in [3.63, 3.8) is 0 Å². The van der Waals surface area contributed by atoms with Crippen LogP contribution in [0.3, 0.4) is 0 Å². The molecule has 0 atom stereocenters. The van der Waals surface area contributed by atoms with E-state index >= 15 is 0 Å².